The van der Waals surface area contributed by atoms with E-state index in [1.54, 1.807) is 0 Å². The van der Waals surface area contributed by atoms with Crippen molar-refractivity contribution in [3.63, 3.8) is 0 Å². The van der Waals surface area contributed by atoms with Crippen molar-refractivity contribution in [2.45, 2.75) is 0 Å². The molecule has 1 heterocycles. The van der Waals surface area contributed by atoms with Gasteiger partial charge in [-0.3, -0.25) is 4.99 Å². The Labute approximate surface area is 333 Å². The van der Waals surface area contributed by atoms with Crippen LogP contribution in [0.3, 0.4) is 0 Å². The standard InChI is InChI=1S/C53H40N4/c1-54-48-24-14-12-22-44(48)47-34-41(31-33-49(47)56-51(40-18-8-4-9-19-40)36-50(55-2)39-16-6-3-7-17-39)37-26-28-38(29-27-37)42-30-32-46-45-23-13-15-25-52(45)57(53(46)35-42)43-20-10-5-11-21-43/h3-36,54H,2H2,1H3/b50-36-,56-51?. The van der Waals surface area contributed by atoms with E-state index in [-0.39, 0.29) is 0 Å². The Morgan fingerprint density at radius 2 is 1.07 bits per heavy atom. The fourth-order valence-corrected chi connectivity index (χ4v) is 7.70. The summed E-state index contributed by atoms with van der Waals surface area (Å²) in [4.78, 5) is 9.79. The van der Waals surface area contributed by atoms with Crippen LogP contribution in [0.15, 0.2) is 216 Å². The molecule has 0 aliphatic carbocycles. The van der Waals surface area contributed by atoms with Crippen LogP contribution in [0.2, 0.25) is 0 Å². The van der Waals surface area contributed by atoms with Gasteiger partial charge in [-0.1, -0.05) is 158 Å². The fourth-order valence-electron chi connectivity index (χ4n) is 7.70. The van der Waals surface area contributed by atoms with E-state index in [0.717, 1.165) is 67.4 Å². The summed E-state index contributed by atoms with van der Waals surface area (Å²) in [7, 11) is 1.96. The zero-order chi connectivity index (χ0) is 38.6. The number of hydrogen-bond acceptors (Lipinski definition) is 3. The molecule has 0 radical (unpaired) electrons. The Bertz CT molecular complexity index is 2920. The molecular formula is C53H40N4. The van der Waals surface area contributed by atoms with Gasteiger partial charge in [0, 0.05) is 51.4 Å². The molecular weight excluding hydrogens is 693 g/mol. The minimum atomic E-state index is 0.757. The summed E-state index contributed by atoms with van der Waals surface area (Å²) in [6.45, 7) is 3.91. The van der Waals surface area contributed by atoms with E-state index in [0.29, 0.717) is 0 Å². The van der Waals surface area contributed by atoms with Gasteiger partial charge in [-0.05, 0) is 77.5 Å². The summed E-state index contributed by atoms with van der Waals surface area (Å²) in [6.07, 6.45) is 2.02. The fraction of sp³-hybridized carbons (Fsp3) is 0.0189. The van der Waals surface area contributed by atoms with E-state index in [4.69, 9.17) is 4.99 Å². The van der Waals surface area contributed by atoms with Crippen molar-refractivity contribution in [3.8, 4) is 39.1 Å². The summed E-state index contributed by atoms with van der Waals surface area (Å²) in [5.74, 6) is 0. The Morgan fingerprint density at radius 1 is 0.509 bits per heavy atom. The van der Waals surface area contributed by atoms with E-state index in [2.05, 4.69) is 173 Å². The number of para-hydroxylation sites is 3. The second-order valence-electron chi connectivity index (χ2n) is 13.9. The van der Waals surface area contributed by atoms with Crippen LogP contribution in [0, 0.1) is 0 Å². The molecule has 9 aromatic rings. The molecule has 0 spiro atoms. The van der Waals surface area contributed by atoms with Crippen LogP contribution in [0.4, 0.5) is 11.4 Å². The van der Waals surface area contributed by atoms with Crippen LogP contribution in [-0.4, -0.2) is 24.0 Å². The molecule has 1 aromatic heterocycles. The van der Waals surface area contributed by atoms with E-state index in [1.165, 1.54) is 27.4 Å². The first-order chi connectivity index (χ1) is 28.2. The van der Waals surface area contributed by atoms with Gasteiger partial charge >= 0.3 is 0 Å². The van der Waals surface area contributed by atoms with Crippen LogP contribution in [0.1, 0.15) is 11.1 Å². The van der Waals surface area contributed by atoms with Gasteiger partial charge in [0.1, 0.15) is 0 Å². The number of nitrogens with one attached hydrogen (secondary N) is 1. The summed E-state index contributed by atoms with van der Waals surface area (Å²) in [5.41, 5.74) is 15.6. The van der Waals surface area contributed by atoms with Gasteiger partial charge in [0.15, 0.2) is 0 Å². The first-order valence-corrected chi connectivity index (χ1v) is 19.2. The Hall–Kier alpha value is -7.56. The monoisotopic (exact) mass is 732 g/mol. The van der Waals surface area contributed by atoms with Gasteiger partial charge in [-0.2, -0.15) is 0 Å². The number of hydrogen-bond donors (Lipinski definition) is 1. The van der Waals surface area contributed by atoms with E-state index < -0.39 is 0 Å². The molecule has 0 unspecified atom stereocenters. The molecule has 0 amide bonds. The van der Waals surface area contributed by atoms with Crippen LogP contribution in [0.5, 0.6) is 0 Å². The molecule has 0 atom stereocenters. The Morgan fingerprint density at radius 3 is 1.77 bits per heavy atom. The Balaban J connectivity index is 1.14. The molecule has 8 aromatic carbocycles. The third kappa shape index (κ3) is 6.97. The molecule has 4 nitrogen and oxygen atoms in total. The van der Waals surface area contributed by atoms with Gasteiger partial charge in [0.05, 0.1) is 28.1 Å². The molecule has 4 heteroatoms. The number of rotatable bonds is 10. The lowest BCUT2D eigenvalue weighted by Gasteiger charge is -2.15. The zero-order valence-corrected chi connectivity index (χ0v) is 31.7. The van der Waals surface area contributed by atoms with Crippen molar-refractivity contribution in [1.82, 2.24) is 4.57 Å². The maximum atomic E-state index is 5.37. The molecule has 0 saturated heterocycles. The quantitative estimate of drug-likeness (QED) is 0.140. The zero-order valence-electron chi connectivity index (χ0n) is 31.7. The minimum Gasteiger partial charge on any atom is -0.388 e. The third-order valence-electron chi connectivity index (χ3n) is 10.5. The van der Waals surface area contributed by atoms with Crippen LogP contribution < -0.4 is 5.32 Å². The number of benzene rings is 8. The molecule has 1 N–H and O–H groups in total. The highest BCUT2D eigenvalue weighted by molar-refractivity contribution is 6.14. The van der Waals surface area contributed by atoms with Gasteiger partial charge < -0.3 is 9.88 Å². The van der Waals surface area contributed by atoms with Gasteiger partial charge in [-0.25, -0.2) is 4.99 Å². The molecule has 0 aliphatic rings. The van der Waals surface area contributed by atoms with E-state index >= 15 is 0 Å². The molecule has 9 rings (SSSR count). The average molecular weight is 733 g/mol. The highest BCUT2D eigenvalue weighted by Crippen LogP contribution is 2.40. The normalized spacial score (nSPS) is 11.9. The Kier molecular flexibility index (Phi) is 9.66. The van der Waals surface area contributed by atoms with Crippen molar-refractivity contribution in [2.75, 3.05) is 12.4 Å². The third-order valence-corrected chi connectivity index (χ3v) is 10.5. The number of allylic oxidation sites excluding steroid dienone is 1. The maximum Gasteiger partial charge on any atom is 0.0731 e. The van der Waals surface area contributed by atoms with E-state index in [1.807, 2.05) is 61.7 Å². The molecule has 0 bridgehead atoms. The maximum absolute atomic E-state index is 5.37. The average Bonchev–Trinajstić information content (AvgIpc) is 3.62. The van der Waals surface area contributed by atoms with Gasteiger partial charge in [-0.15, -0.1) is 0 Å². The van der Waals surface area contributed by atoms with Gasteiger partial charge in [0.25, 0.3) is 0 Å². The molecule has 0 saturated carbocycles. The van der Waals surface area contributed by atoms with Crippen LogP contribution in [-0.2, 0) is 0 Å². The molecule has 57 heavy (non-hydrogen) atoms. The SMILES string of the molecule is C=N/C(=C\C(=Nc1ccc(-c2ccc(-c3ccc4c5ccccc5n(-c5ccccc5)c4c3)cc2)cc1-c1ccccc1NC)c1ccccc1)c1ccccc1. The largest absolute Gasteiger partial charge is 0.388 e. The van der Waals surface area contributed by atoms with Crippen molar-refractivity contribution >= 4 is 51.3 Å². The summed E-state index contributed by atoms with van der Waals surface area (Å²) < 4.78 is 2.37. The van der Waals surface area contributed by atoms with Crippen LogP contribution in [0.25, 0.3) is 66.6 Å². The van der Waals surface area contributed by atoms with E-state index in [9.17, 15) is 0 Å². The van der Waals surface area contributed by atoms with Crippen molar-refractivity contribution in [1.29, 1.82) is 0 Å². The number of aliphatic imine (C=N–C) groups is 2. The lowest BCUT2D eigenvalue weighted by molar-refractivity contribution is 1.18. The minimum absolute atomic E-state index is 0.757. The van der Waals surface area contributed by atoms with Gasteiger partial charge in [0.2, 0.25) is 0 Å². The highest BCUT2D eigenvalue weighted by atomic mass is 15.0. The number of fused-ring (bicyclic) bond motifs is 3. The number of nitrogens with zero attached hydrogens (tertiary/aromatic N) is 3. The van der Waals surface area contributed by atoms with Crippen molar-refractivity contribution < 1.29 is 0 Å². The topological polar surface area (TPSA) is 41.7 Å². The van der Waals surface area contributed by atoms with Crippen molar-refractivity contribution in [2.24, 2.45) is 9.98 Å². The predicted octanol–water partition coefficient (Wildman–Crippen LogP) is 13.7. The molecule has 0 fully saturated rings. The first kappa shape index (κ1) is 35.2. The lowest BCUT2D eigenvalue weighted by Crippen LogP contribution is -1.99. The smallest absolute Gasteiger partial charge is 0.0731 e. The molecule has 272 valence electrons. The summed E-state index contributed by atoms with van der Waals surface area (Å²) in [6, 6.07) is 70.3. The first-order valence-electron chi connectivity index (χ1n) is 19.2. The summed E-state index contributed by atoms with van der Waals surface area (Å²) >= 11 is 0. The van der Waals surface area contributed by atoms with Crippen molar-refractivity contribution in [3.05, 3.63) is 217 Å². The number of anilines is 1. The molecule has 0 aliphatic heterocycles. The second kappa shape index (κ2) is 15.7. The summed E-state index contributed by atoms with van der Waals surface area (Å²) in [5, 5.41) is 5.90. The number of aromatic nitrogens is 1. The lowest BCUT2D eigenvalue weighted by atomic mass is 9.95. The predicted molar refractivity (Wildman–Crippen MR) is 243 cm³/mol. The highest BCUT2D eigenvalue weighted by Gasteiger charge is 2.15. The second-order valence-corrected chi connectivity index (χ2v) is 13.9. The van der Waals surface area contributed by atoms with Crippen LogP contribution >= 0.6 is 0 Å².